The summed E-state index contributed by atoms with van der Waals surface area (Å²) in [5, 5.41) is 0. The van der Waals surface area contributed by atoms with Crippen molar-refractivity contribution in [2.24, 2.45) is 5.92 Å². The first-order valence-corrected chi connectivity index (χ1v) is 15.8. The van der Waals surface area contributed by atoms with Crippen LogP contribution in [0.15, 0.2) is 30.3 Å². The highest BCUT2D eigenvalue weighted by Crippen LogP contribution is 2.48. The molecule has 1 heterocycles. The first kappa shape index (κ1) is 32.2. The second-order valence-corrected chi connectivity index (χ2v) is 12.7. The van der Waals surface area contributed by atoms with Gasteiger partial charge in [-0.2, -0.15) is 0 Å². The first-order chi connectivity index (χ1) is 20.1. The third kappa shape index (κ3) is 7.99. The maximum absolute atomic E-state index is 14.0. The van der Waals surface area contributed by atoms with Crippen molar-refractivity contribution in [3.05, 3.63) is 64.2 Å². The topological polar surface area (TPSA) is 67.5 Å². The highest BCUT2D eigenvalue weighted by Gasteiger charge is 2.47. The van der Waals surface area contributed by atoms with Gasteiger partial charge in [-0.1, -0.05) is 39.2 Å². The number of fused-ring (bicyclic) bond motifs is 2. The summed E-state index contributed by atoms with van der Waals surface area (Å²) in [5.41, 5.74) is 6.30. The molecule has 0 fully saturated rings. The molecular weight excluding hydrogens is 529 g/mol. The van der Waals surface area contributed by atoms with Crippen LogP contribution in [0.2, 0.25) is 0 Å². The van der Waals surface area contributed by atoms with E-state index in [0.717, 1.165) is 66.8 Å². The van der Waals surface area contributed by atoms with Crippen molar-refractivity contribution in [2.45, 2.75) is 97.0 Å². The highest BCUT2D eigenvalue weighted by atomic mass is 19.1. The van der Waals surface area contributed by atoms with E-state index in [1.165, 1.54) is 43.6 Å². The lowest BCUT2D eigenvalue weighted by Crippen LogP contribution is -2.49. The number of rotatable bonds is 15. The molecule has 0 amide bonds. The van der Waals surface area contributed by atoms with Crippen molar-refractivity contribution in [3.63, 3.8) is 0 Å². The molecule has 230 valence electrons. The van der Waals surface area contributed by atoms with Gasteiger partial charge in [-0.3, -0.25) is 0 Å². The number of H-pyrrole nitrogens is 1. The molecule has 3 aromatic rings. The summed E-state index contributed by atoms with van der Waals surface area (Å²) in [7, 11) is 3.67. The number of aryl methyl sites for hydroxylation is 4. The van der Waals surface area contributed by atoms with E-state index in [1.807, 2.05) is 6.07 Å². The zero-order valence-corrected chi connectivity index (χ0v) is 26.5. The van der Waals surface area contributed by atoms with Crippen molar-refractivity contribution in [1.82, 2.24) is 14.9 Å². The largest absolute Gasteiger partial charge is 0.457 e. The summed E-state index contributed by atoms with van der Waals surface area (Å²) in [6.45, 7) is 10.4. The van der Waals surface area contributed by atoms with Crippen molar-refractivity contribution in [3.8, 4) is 0 Å². The summed E-state index contributed by atoms with van der Waals surface area (Å²) in [6.07, 6.45) is 9.04. The van der Waals surface area contributed by atoms with Gasteiger partial charge >= 0.3 is 5.97 Å². The molecule has 0 radical (unpaired) electrons. The van der Waals surface area contributed by atoms with Crippen LogP contribution in [0.25, 0.3) is 11.0 Å². The molecule has 1 aromatic heterocycles. The van der Waals surface area contributed by atoms with Gasteiger partial charge in [0.1, 0.15) is 23.8 Å². The number of esters is 1. The van der Waals surface area contributed by atoms with Crippen LogP contribution in [0, 0.1) is 25.6 Å². The molecule has 1 aliphatic rings. The summed E-state index contributed by atoms with van der Waals surface area (Å²) < 4.78 is 25.4. The number of halogens is 1. The van der Waals surface area contributed by atoms with E-state index in [-0.39, 0.29) is 30.2 Å². The lowest BCUT2D eigenvalue weighted by atomic mass is 9.65. The van der Waals surface area contributed by atoms with Crippen LogP contribution in [-0.4, -0.2) is 60.3 Å². The Balaban J connectivity index is 1.25. The van der Waals surface area contributed by atoms with Crippen molar-refractivity contribution in [2.75, 3.05) is 33.9 Å². The minimum Gasteiger partial charge on any atom is -0.457 e. The van der Waals surface area contributed by atoms with Gasteiger partial charge < -0.3 is 19.4 Å². The number of carbonyl (C=O) groups is 1. The fourth-order valence-corrected chi connectivity index (χ4v) is 6.80. The monoisotopic (exact) mass is 579 g/mol. The average Bonchev–Trinajstić information content (AvgIpc) is 3.32. The van der Waals surface area contributed by atoms with E-state index in [1.54, 1.807) is 6.07 Å². The Morgan fingerprint density at radius 2 is 1.83 bits per heavy atom. The maximum atomic E-state index is 14.0. The predicted molar refractivity (Wildman–Crippen MR) is 167 cm³/mol. The second kappa shape index (κ2) is 14.6. The molecule has 0 spiro atoms. The number of benzene rings is 2. The molecule has 1 aliphatic carbocycles. The number of nitrogens with one attached hydrogen (secondary N) is 1. The van der Waals surface area contributed by atoms with Crippen LogP contribution < -0.4 is 0 Å². The smallest absolute Gasteiger partial charge is 0.332 e. The molecule has 7 heteroatoms. The van der Waals surface area contributed by atoms with Crippen LogP contribution in [0.3, 0.4) is 0 Å². The van der Waals surface area contributed by atoms with Crippen molar-refractivity contribution < 1.29 is 18.7 Å². The summed E-state index contributed by atoms with van der Waals surface area (Å²) in [6, 6.07) is 9.44. The minimum atomic E-state index is -0.628. The van der Waals surface area contributed by atoms with Gasteiger partial charge in [-0.15, -0.1) is 0 Å². The van der Waals surface area contributed by atoms with Gasteiger partial charge in [0.15, 0.2) is 0 Å². The second-order valence-electron chi connectivity index (χ2n) is 12.7. The maximum Gasteiger partial charge on any atom is 0.332 e. The molecule has 2 aromatic carbocycles. The number of hydrogen-bond donors (Lipinski definition) is 1. The predicted octanol–water partition coefficient (Wildman–Crippen LogP) is 7.45. The number of imidazole rings is 1. The highest BCUT2D eigenvalue weighted by molar-refractivity contribution is 5.77. The Morgan fingerprint density at radius 1 is 1.10 bits per heavy atom. The van der Waals surface area contributed by atoms with E-state index in [9.17, 15) is 9.18 Å². The van der Waals surface area contributed by atoms with Crippen molar-refractivity contribution in [1.29, 1.82) is 0 Å². The molecule has 0 bridgehead atoms. The molecule has 1 N–H and O–H groups in total. The summed E-state index contributed by atoms with van der Waals surface area (Å²) >= 11 is 0. The number of methoxy groups -OCH3 is 1. The van der Waals surface area contributed by atoms with E-state index < -0.39 is 5.60 Å². The normalized spacial score (nSPS) is 18.6. The van der Waals surface area contributed by atoms with Gasteiger partial charge in [-0.05, 0) is 106 Å². The number of nitrogens with zero attached hydrogens (tertiary/aromatic N) is 2. The molecular formula is C35H50FN3O3. The lowest BCUT2D eigenvalue weighted by molar-refractivity contribution is -0.172. The Hall–Kier alpha value is -2.77. The average molecular weight is 580 g/mol. The van der Waals surface area contributed by atoms with Gasteiger partial charge in [0.05, 0.1) is 11.0 Å². The molecule has 0 aliphatic heterocycles. The molecule has 42 heavy (non-hydrogen) atoms. The number of carbonyl (C=O) groups excluding carboxylic acids is 1. The number of hydrogen-bond acceptors (Lipinski definition) is 5. The molecule has 0 saturated heterocycles. The van der Waals surface area contributed by atoms with E-state index in [4.69, 9.17) is 14.5 Å². The zero-order chi connectivity index (χ0) is 30.3. The third-order valence-electron chi connectivity index (χ3n) is 9.09. The Labute approximate surface area is 251 Å². The Morgan fingerprint density at radius 3 is 2.60 bits per heavy atom. The number of aromatic nitrogens is 2. The van der Waals surface area contributed by atoms with Crippen LogP contribution in [0.4, 0.5) is 4.39 Å². The number of aromatic amines is 1. The molecule has 0 saturated carbocycles. The van der Waals surface area contributed by atoms with Crippen LogP contribution >= 0.6 is 0 Å². The van der Waals surface area contributed by atoms with E-state index in [0.29, 0.717) is 12.8 Å². The van der Waals surface area contributed by atoms with Crippen LogP contribution in [0.5, 0.6) is 0 Å². The van der Waals surface area contributed by atoms with E-state index in [2.05, 4.69) is 56.8 Å². The number of unbranched alkanes of at least 4 members (excludes halogenated alkanes) is 4. The Kier molecular flexibility index (Phi) is 11.2. The quantitative estimate of drug-likeness (QED) is 0.150. The standard InChI is InChI=1S/C35H50FN3O3/c1-24(2)34-29-14-13-28(36)22-27(29)15-16-35(34,42-33(40)23-41-6)17-19-39(5)18-11-9-7-8-10-12-32-37-30-20-25(3)26(4)21-31(30)38-32/h13-14,20-22,24,34H,7-12,15-19,23H2,1-6H3,(H,37,38)/t34-,35-/m0/s1. The van der Waals surface area contributed by atoms with Gasteiger partial charge in [0, 0.05) is 32.4 Å². The summed E-state index contributed by atoms with van der Waals surface area (Å²) in [4.78, 5) is 23.4. The van der Waals surface area contributed by atoms with Gasteiger partial charge in [0.2, 0.25) is 0 Å². The van der Waals surface area contributed by atoms with Gasteiger partial charge in [-0.25, -0.2) is 14.2 Å². The van der Waals surface area contributed by atoms with E-state index >= 15 is 0 Å². The SMILES string of the molecule is COCC(=O)O[C@]1(CCN(C)CCCCCCCc2nc3cc(C)c(C)cc3[nH]2)CCc2cc(F)ccc2[C@@H]1C(C)C. The summed E-state index contributed by atoms with van der Waals surface area (Å²) in [5.74, 6) is 0.799. The lowest BCUT2D eigenvalue weighted by Gasteiger charge is -2.47. The van der Waals surface area contributed by atoms with Crippen LogP contribution in [0.1, 0.15) is 92.8 Å². The first-order valence-electron chi connectivity index (χ1n) is 15.8. The molecule has 0 unspecified atom stereocenters. The minimum absolute atomic E-state index is 0.0101. The zero-order valence-electron chi connectivity index (χ0n) is 26.5. The number of ether oxygens (including phenoxy) is 2. The fourth-order valence-electron chi connectivity index (χ4n) is 6.80. The van der Waals surface area contributed by atoms with Crippen LogP contribution in [-0.2, 0) is 27.1 Å². The molecule has 2 atom stereocenters. The Bertz CT molecular complexity index is 1300. The fraction of sp³-hybridized carbons (Fsp3) is 0.600. The molecule has 4 rings (SSSR count). The molecule has 6 nitrogen and oxygen atoms in total. The third-order valence-corrected chi connectivity index (χ3v) is 9.09. The van der Waals surface area contributed by atoms with Gasteiger partial charge in [0.25, 0.3) is 0 Å². The van der Waals surface area contributed by atoms with Crippen molar-refractivity contribution >= 4 is 17.0 Å².